The number of aliphatic carboxylic acids is 1. The predicted molar refractivity (Wildman–Crippen MR) is 140 cm³/mol. The molecule has 0 atom stereocenters. The van der Waals surface area contributed by atoms with Crippen LogP contribution < -0.4 is 14.8 Å². The molecule has 1 saturated heterocycles. The van der Waals surface area contributed by atoms with E-state index >= 15 is 0 Å². The SMILES string of the molecule is CC(=N)N1CCC(Oc2c(F)cc(N(C/C=C/c3cccc(C(=N)N)c3)S(=O)(=O)CC(=O)O)cc2F)CC1. The fourth-order valence-electron chi connectivity index (χ4n) is 3.99. The van der Waals surface area contributed by atoms with E-state index in [1.54, 1.807) is 31.2 Å². The number of nitrogens with two attached hydrogens (primary N) is 1. The number of piperidine rings is 1. The Morgan fingerprint density at radius 3 is 2.39 bits per heavy atom. The number of hydrogen-bond acceptors (Lipinski definition) is 6. The number of likely N-dealkylation sites (tertiary alicyclic amines) is 1. The van der Waals surface area contributed by atoms with E-state index in [1.807, 2.05) is 4.90 Å². The number of benzene rings is 2. The first-order chi connectivity index (χ1) is 17.9. The number of ether oxygens (including phenoxy) is 1. The van der Waals surface area contributed by atoms with Crippen molar-refractivity contribution in [3.05, 3.63) is 65.2 Å². The van der Waals surface area contributed by atoms with Gasteiger partial charge in [-0.3, -0.25) is 19.9 Å². The van der Waals surface area contributed by atoms with Gasteiger partial charge in [0.2, 0.25) is 10.0 Å². The molecule has 3 rings (SSSR count). The molecule has 0 unspecified atom stereocenters. The van der Waals surface area contributed by atoms with Crippen LogP contribution in [0, 0.1) is 22.5 Å². The van der Waals surface area contributed by atoms with Gasteiger partial charge in [-0.15, -0.1) is 0 Å². The number of sulfonamides is 1. The Hall–Kier alpha value is -4.00. The number of nitrogen functional groups attached to an aromatic ring is 1. The highest BCUT2D eigenvalue weighted by Crippen LogP contribution is 2.31. The molecule has 0 aliphatic carbocycles. The van der Waals surface area contributed by atoms with Crippen molar-refractivity contribution in [2.75, 3.05) is 29.7 Å². The van der Waals surface area contributed by atoms with Crippen LogP contribution in [-0.4, -0.2) is 67.6 Å². The largest absolute Gasteiger partial charge is 0.484 e. The minimum Gasteiger partial charge on any atom is -0.484 e. The number of carboxylic acid groups (broad SMARTS) is 1. The summed E-state index contributed by atoms with van der Waals surface area (Å²) in [7, 11) is -4.51. The van der Waals surface area contributed by atoms with Crippen molar-refractivity contribution in [1.29, 1.82) is 10.8 Å². The summed E-state index contributed by atoms with van der Waals surface area (Å²) in [6.45, 7) is 2.25. The molecular weight excluding hydrogens is 520 g/mol. The molecule has 0 amide bonds. The molecule has 1 aliphatic heterocycles. The van der Waals surface area contributed by atoms with Crippen molar-refractivity contribution >= 4 is 39.4 Å². The second-order valence-electron chi connectivity index (χ2n) is 8.75. The van der Waals surface area contributed by atoms with Crippen LogP contribution >= 0.6 is 0 Å². The Labute approximate surface area is 219 Å². The van der Waals surface area contributed by atoms with Crippen molar-refractivity contribution in [2.45, 2.75) is 25.9 Å². The third-order valence-electron chi connectivity index (χ3n) is 5.89. The van der Waals surface area contributed by atoms with Gasteiger partial charge in [0.05, 0.1) is 18.1 Å². The molecule has 38 heavy (non-hydrogen) atoms. The molecule has 5 N–H and O–H groups in total. The summed E-state index contributed by atoms with van der Waals surface area (Å²) in [5, 5.41) is 24.3. The van der Waals surface area contributed by atoms with Crippen LogP contribution in [0.2, 0.25) is 0 Å². The maximum Gasteiger partial charge on any atom is 0.320 e. The molecule has 0 spiro atoms. The van der Waals surface area contributed by atoms with Gasteiger partial charge in [-0.1, -0.05) is 30.4 Å². The van der Waals surface area contributed by atoms with Crippen LogP contribution in [-0.2, 0) is 14.8 Å². The van der Waals surface area contributed by atoms with E-state index in [-0.39, 0.29) is 5.84 Å². The Kier molecular flexibility index (Phi) is 9.04. The van der Waals surface area contributed by atoms with Crippen molar-refractivity contribution in [3.8, 4) is 5.75 Å². The number of amidine groups is 2. The number of hydrogen-bond donors (Lipinski definition) is 4. The van der Waals surface area contributed by atoms with Gasteiger partial charge in [0.15, 0.2) is 23.1 Å². The molecule has 0 radical (unpaired) electrons. The number of halogens is 2. The van der Waals surface area contributed by atoms with Crippen LogP contribution in [0.15, 0.2) is 42.5 Å². The summed E-state index contributed by atoms with van der Waals surface area (Å²) in [6, 6.07) is 8.12. The summed E-state index contributed by atoms with van der Waals surface area (Å²) in [5.74, 6) is -5.57. The van der Waals surface area contributed by atoms with E-state index in [1.165, 1.54) is 12.2 Å². The molecule has 204 valence electrons. The molecule has 10 nitrogen and oxygen atoms in total. The van der Waals surface area contributed by atoms with Crippen LogP contribution in [0.3, 0.4) is 0 Å². The van der Waals surface area contributed by atoms with E-state index in [9.17, 15) is 22.0 Å². The summed E-state index contributed by atoms with van der Waals surface area (Å²) < 4.78 is 61.7. The second kappa shape index (κ2) is 12.0. The molecule has 1 aliphatic rings. The minimum atomic E-state index is -4.51. The van der Waals surface area contributed by atoms with Gasteiger partial charge >= 0.3 is 5.97 Å². The fourth-order valence-corrected chi connectivity index (χ4v) is 5.19. The van der Waals surface area contributed by atoms with E-state index in [2.05, 4.69) is 0 Å². The van der Waals surface area contributed by atoms with Gasteiger partial charge in [-0.25, -0.2) is 17.2 Å². The summed E-state index contributed by atoms with van der Waals surface area (Å²) in [4.78, 5) is 13.0. The van der Waals surface area contributed by atoms with Crippen LogP contribution in [0.5, 0.6) is 5.75 Å². The average molecular weight is 550 g/mol. The monoisotopic (exact) mass is 549 g/mol. The topological polar surface area (TPSA) is 161 Å². The van der Waals surface area contributed by atoms with Crippen molar-refractivity contribution in [3.63, 3.8) is 0 Å². The minimum absolute atomic E-state index is 0.158. The lowest BCUT2D eigenvalue weighted by molar-refractivity contribution is -0.134. The van der Waals surface area contributed by atoms with Crippen molar-refractivity contribution < 1.29 is 31.8 Å². The number of anilines is 1. The maximum absolute atomic E-state index is 15.0. The van der Waals surface area contributed by atoms with Gasteiger partial charge in [-0.05, 0) is 18.6 Å². The summed E-state index contributed by atoms with van der Waals surface area (Å²) in [6.07, 6.45) is 3.32. The molecule has 2 aromatic rings. The Morgan fingerprint density at radius 1 is 1.21 bits per heavy atom. The Morgan fingerprint density at radius 2 is 1.84 bits per heavy atom. The highest BCUT2D eigenvalue weighted by molar-refractivity contribution is 7.93. The normalized spacial score (nSPS) is 14.4. The maximum atomic E-state index is 15.0. The van der Waals surface area contributed by atoms with E-state index in [0.29, 0.717) is 47.2 Å². The first-order valence-electron chi connectivity index (χ1n) is 11.7. The fraction of sp³-hybridized carbons (Fsp3) is 0.320. The van der Waals surface area contributed by atoms with Crippen LogP contribution in [0.25, 0.3) is 6.08 Å². The van der Waals surface area contributed by atoms with Gasteiger partial charge in [0.1, 0.15) is 11.9 Å². The highest BCUT2D eigenvalue weighted by Gasteiger charge is 2.28. The lowest BCUT2D eigenvalue weighted by Crippen LogP contribution is -2.40. The second-order valence-corrected chi connectivity index (χ2v) is 10.6. The lowest BCUT2D eigenvalue weighted by atomic mass is 10.1. The molecule has 1 heterocycles. The Balaban J connectivity index is 1.86. The predicted octanol–water partition coefficient (Wildman–Crippen LogP) is 3.02. The molecule has 1 fully saturated rings. The molecule has 2 aromatic carbocycles. The van der Waals surface area contributed by atoms with E-state index < -0.39 is 57.5 Å². The zero-order valence-corrected chi connectivity index (χ0v) is 21.5. The zero-order valence-electron chi connectivity index (χ0n) is 20.7. The number of nitrogens with zero attached hydrogens (tertiary/aromatic N) is 2. The van der Waals surface area contributed by atoms with E-state index in [0.717, 1.165) is 12.1 Å². The molecule has 13 heteroatoms. The smallest absolute Gasteiger partial charge is 0.320 e. The molecular formula is C25H29F2N5O5S. The number of carboxylic acids is 1. The number of carbonyl (C=O) groups is 1. The molecule has 0 bridgehead atoms. The zero-order chi connectivity index (χ0) is 28.0. The van der Waals surface area contributed by atoms with E-state index in [4.69, 9.17) is 26.4 Å². The van der Waals surface area contributed by atoms with Gasteiger partial charge in [-0.2, -0.15) is 0 Å². The van der Waals surface area contributed by atoms with Gasteiger partial charge < -0.3 is 20.5 Å². The van der Waals surface area contributed by atoms with Crippen LogP contribution in [0.1, 0.15) is 30.9 Å². The third kappa shape index (κ3) is 7.28. The highest BCUT2D eigenvalue weighted by atomic mass is 32.2. The summed E-state index contributed by atoms with van der Waals surface area (Å²) in [5.41, 5.74) is 6.11. The van der Waals surface area contributed by atoms with Crippen molar-refractivity contribution in [1.82, 2.24) is 4.90 Å². The van der Waals surface area contributed by atoms with Crippen LogP contribution in [0.4, 0.5) is 14.5 Å². The number of nitrogens with one attached hydrogen (secondary N) is 2. The lowest BCUT2D eigenvalue weighted by Gasteiger charge is -2.33. The Bertz CT molecular complexity index is 1330. The van der Waals surface area contributed by atoms with Gasteiger partial charge in [0.25, 0.3) is 0 Å². The van der Waals surface area contributed by atoms with Crippen molar-refractivity contribution in [2.24, 2.45) is 5.73 Å². The van der Waals surface area contributed by atoms with Gasteiger partial charge in [0, 0.05) is 43.6 Å². The average Bonchev–Trinajstić information content (AvgIpc) is 2.83. The molecule has 0 saturated carbocycles. The molecule has 0 aromatic heterocycles. The quantitative estimate of drug-likeness (QED) is 0.262. The first kappa shape index (κ1) is 28.6. The first-order valence-corrected chi connectivity index (χ1v) is 13.3. The standard InChI is InChI=1S/C25H29F2N5O5S/c1-16(28)31-10-7-20(8-11-31)37-24-21(26)13-19(14-22(24)27)32(38(35,36)15-23(33)34)9-3-5-17-4-2-6-18(12-17)25(29)30/h2-6,12-14,20,28H,7-11,15H2,1H3,(H3,29,30)(H,33,34)/b5-3+,28-16?. The summed E-state index contributed by atoms with van der Waals surface area (Å²) >= 11 is 0. The third-order valence-corrected chi connectivity index (χ3v) is 7.54. The number of rotatable bonds is 10.